The first kappa shape index (κ1) is 13.3. The largest absolute Gasteiger partial charge is 0.336 e. The Balaban J connectivity index is 2.00. The van der Waals surface area contributed by atoms with Crippen LogP contribution in [-0.2, 0) is 0 Å². The van der Waals surface area contributed by atoms with Gasteiger partial charge in [-0.05, 0) is 13.1 Å². The quantitative estimate of drug-likeness (QED) is 0.808. The van der Waals surface area contributed by atoms with Gasteiger partial charge in [-0.1, -0.05) is 23.7 Å². The fourth-order valence-corrected chi connectivity index (χ4v) is 2.81. The van der Waals surface area contributed by atoms with E-state index in [2.05, 4.69) is 16.9 Å². The molecule has 0 spiro atoms. The number of carbonyl (C=O) groups excluding carboxylic acids is 1. The third-order valence-electron chi connectivity index (χ3n) is 3.75. The van der Waals surface area contributed by atoms with Crippen LogP contribution in [0.2, 0.25) is 5.02 Å². The molecule has 0 saturated carbocycles. The van der Waals surface area contributed by atoms with E-state index < -0.39 is 0 Å². The van der Waals surface area contributed by atoms with Gasteiger partial charge in [-0.3, -0.25) is 9.78 Å². The van der Waals surface area contributed by atoms with Gasteiger partial charge in [-0.25, -0.2) is 0 Å². The lowest BCUT2D eigenvalue weighted by molar-refractivity contribution is 0.0665. The second-order valence-corrected chi connectivity index (χ2v) is 5.53. The van der Waals surface area contributed by atoms with E-state index in [0.29, 0.717) is 10.6 Å². The molecule has 0 bridgehead atoms. The van der Waals surface area contributed by atoms with E-state index in [9.17, 15) is 4.79 Å². The zero-order valence-corrected chi connectivity index (χ0v) is 12.1. The summed E-state index contributed by atoms with van der Waals surface area (Å²) in [7, 11) is 2.07. The van der Waals surface area contributed by atoms with Crippen LogP contribution >= 0.6 is 11.6 Å². The number of hydrogen-bond acceptors (Lipinski definition) is 3. The normalized spacial score (nSPS) is 16.6. The topological polar surface area (TPSA) is 36.4 Å². The van der Waals surface area contributed by atoms with Crippen LogP contribution in [0.15, 0.2) is 30.6 Å². The van der Waals surface area contributed by atoms with E-state index in [1.807, 2.05) is 23.1 Å². The van der Waals surface area contributed by atoms with Crippen LogP contribution in [0.5, 0.6) is 0 Å². The molecule has 0 radical (unpaired) electrons. The zero-order valence-electron chi connectivity index (χ0n) is 11.3. The molecule has 3 rings (SSSR count). The summed E-state index contributed by atoms with van der Waals surface area (Å²) in [5, 5.41) is 2.30. The number of rotatable bonds is 1. The van der Waals surface area contributed by atoms with Gasteiger partial charge < -0.3 is 9.80 Å². The van der Waals surface area contributed by atoms with E-state index in [-0.39, 0.29) is 5.91 Å². The molecule has 104 valence electrons. The van der Waals surface area contributed by atoms with E-state index in [1.165, 1.54) is 0 Å². The fraction of sp³-hybridized carbons (Fsp3) is 0.333. The van der Waals surface area contributed by atoms with Gasteiger partial charge in [-0.2, -0.15) is 0 Å². The summed E-state index contributed by atoms with van der Waals surface area (Å²) in [6.07, 6.45) is 3.36. The van der Waals surface area contributed by atoms with Gasteiger partial charge in [-0.15, -0.1) is 0 Å². The number of amides is 1. The Labute approximate surface area is 123 Å². The Hall–Kier alpha value is -1.65. The first-order chi connectivity index (χ1) is 9.66. The molecular weight excluding hydrogens is 274 g/mol. The van der Waals surface area contributed by atoms with Crippen molar-refractivity contribution in [2.75, 3.05) is 33.2 Å². The van der Waals surface area contributed by atoms with Crippen molar-refractivity contribution in [2.45, 2.75) is 0 Å². The van der Waals surface area contributed by atoms with Crippen LogP contribution < -0.4 is 0 Å². The second kappa shape index (κ2) is 5.38. The molecule has 5 heteroatoms. The molecule has 1 saturated heterocycles. The van der Waals surface area contributed by atoms with Gasteiger partial charge >= 0.3 is 0 Å². The summed E-state index contributed by atoms with van der Waals surface area (Å²) in [6.45, 7) is 3.29. The van der Waals surface area contributed by atoms with E-state index in [0.717, 1.165) is 37.0 Å². The molecule has 0 aliphatic carbocycles. The number of nitrogens with zero attached hydrogens (tertiary/aromatic N) is 3. The van der Waals surface area contributed by atoms with Crippen molar-refractivity contribution < 1.29 is 4.79 Å². The fourth-order valence-electron chi connectivity index (χ4n) is 2.53. The van der Waals surface area contributed by atoms with Crippen LogP contribution in [0.4, 0.5) is 0 Å². The predicted octanol–water partition coefficient (Wildman–Crippen LogP) is 2.28. The molecule has 0 unspecified atom stereocenters. The van der Waals surface area contributed by atoms with Crippen molar-refractivity contribution >= 4 is 28.3 Å². The number of halogens is 1. The molecule has 1 aromatic heterocycles. The van der Waals surface area contributed by atoms with Gasteiger partial charge in [0.05, 0.1) is 5.56 Å². The average Bonchev–Trinajstić information content (AvgIpc) is 2.47. The number of likely N-dealkylation sites (N-methyl/N-ethyl adjacent to an activating group) is 1. The number of hydrogen-bond donors (Lipinski definition) is 0. The third kappa shape index (κ3) is 2.37. The van der Waals surface area contributed by atoms with Crippen LogP contribution in [0.3, 0.4) is 0 Å². The van der Waals surface area contributed by atoms with Crippen LogP contribution in [0, 0.1) is 0 Å². The minimum atomic E-state index is 0.0179. The minimum absolute atomic E-state index is 0.0179. The Morgan fingerprint density at radius 2 is 1.95 bits per heavy atom. The maximum absolute atomic E-state index is 12.7. The summed E-state index contributed by atoms with van der Waals surface area (Å²) in [6, 6.07) is 5.61. The average molecular weight is 290 g/mol. The van der Waals surface area contributed by atoms with Crippen molar-refractivity contribution in [3.63, 3.8) is 0 Å². The first-order valence-corrected chi connectivity index (χ1v) is 7.04. The minimum Gasteiger partial charge on any atom is -0.336 e. The van der Waals surface area contributed by atoms with Crippen molar-refractivity contribution in [2.24, 2.45) is 0 Å². The summed E-state index contributed by atoms with van der Waals surface area (Å²) in [5.41, 5.74) is 0.595. The highest BCUT2D eigenvalue weighted by Crippen LogP contribution is 2.27. The van der Waals surface area contributed by atoms with E-state index >= 15 is 0 Å². The Morgan fingerprint density at radius 1 is 1.20 bits per heavy atom. The second-order valence-electron chi connectivity index (χ2n) is 5.12. The number of carbonyl (C=O) groups is 1. The lowest BCUT2D eigenvalue weighted by Crippen LogP contribution is -2.47. The van der Waals surface area contributed by atoms with Crippen LogP contribution in [-0.4, -0.2) is 53.9 Å². The van der Waals surface area contributed by atoms with E-state index in [4.69, 9.17) is 11.6 Å². The highest BCUT2D eigenvalue weighted by atomic mass is 35.5. The van der Waals surface area contributed by atoms with Crippen molar-refractivity contribution in [3.05, 3.63) is 41.2 Å². The van der Waals surface area contributed by atoms with Crippen molar-refractivity contribution in [1.29, 1.82) is 0 Å². The highest BCUT2D eigenvalue weighted by molar-refractivity contribution is 6.36. The van der Waals surface area contributed by atoms with Crippen molar-refractivity contribution in [3.8, 4) is 0 Å². The molecule has 20 heavy (non-hydrogen) atoms. The maximum atomic E-state index is 12.7. The van der Waals surface area contributed by atoms with Gasteiger partial charge in [0.25, 0.3) is 5.91 Å². The summed E-state index contributed by atoms with van der Waals surface area (Å²) in [4.78, 5) is 20.9. The van der Waals surface area contributed by atoms with Crippen LogP contribution in [0.25, 0.3) is 10.8 Å². The molecule has 2 heterocycles. The Morgan fingerprint density at radius 3 is 2.70 bits per heavy atom. The number of benzene rings is 1. The predicted molar refractivity (Wildman–Crippen MR) is 80.2 cm³/mol. The summed E-state index contributed by atoms with van der Waals surface area (Å²) in [5.74, 6) is 0.0179. The molecule has 1 fully saturated rings. The lowest BCUT2D eigenvalue weighted by atomic mass is 10.1. The van der Waals surface area contributed by atoms with Crippen molar-refractivity contribution in [1.82, 2.24) is 14.8 Å². The number of piperazine rings is 1. The molecule has 1 aromatic carbocycles. The molecule has 1 amide bonds. The first-order valence-electron chi connectivity index (χ1n) is 6.67. The number of aromatic nitrogens is 1. The smallest absolute Gasteiger partial charge is 0.256 e. The zero-order chi connectivity index (χ0) is 14.1. The van der Waals surface area contributed by atoms with Gasteiger partial charge in [0.2, 0.25) is 0 Å². The van der Waals surface area contributed by atoms with E-state index in [1.54, 1.807) is 12.4 Å². The molecule has 4 nitrogen and oxygen atoms in total. The summed E-state index contributed by atoms with van der Waals surface area (Å²) < 4.78 is 0. The molecule has 0 atom stereocenters. The molecular formula is C15H16ClN3O. The highest BCUT2D eigenvalue weighted by Gasteiger charge is 2.22. The molecule has 1 aliphatic heterocycles. The van der Waals surface area contributed by atoms with Gasteiger partial charge in [0, 0.05) is 54.4 Å². The van der Waals surface area contributed by atoms with Gasteiger partial charge in [0.15, 0.2) is 0 Å². The Bertz CT molecular complexity index is 645. The monoisotopic (exact) mass is 289 g/mol. The molecule has 2 aromatic rings. The SMILES string of the molecule is CN1CCN(C(=O)c2cncc3cccc(Cl)c23)CC1. The lowest BCUT2D eigenvalue weighted by Gasteiger charge is -2.32. The maximum Gasteiger partial charge on any atom is 0.256 e. The summed E-state index contributed by atoms with van der Waals surface area (Å²) >= 11 is 6.26. The third-order valence-corrected chi connectivity index (χ3v) is 4.07. The van der Waals surface area contributed by atoms with Gasteiger partial charge in [0.1, 0.15) is 0 Å². The number of fused-ring (bicyclic) bond motifs is 1. The molecule has 1 aliphatic rings. The van der Waals surface area contributed by atoms with Crippen LogP contribution in [0.1, 0.15) is 10.4 Å². The standard InChI is InChI=1S/C15H16ClN3O/c1-18-5-7-19(8-6-18)15(20)12-10-17-9-11-3-2-4-13(16)14(11)12/h2-4,9-10H,5-8H2,1H3. The number of pyridine rings is 1. The molecule has 0 N–H and O–H groups in total. The Kier molecular flexibility index (Phi) is 3.59.